The maximum Gasteiger partial charge on any atom is 0.693 e. The normalized spacial score (nSPS) is 9.52. The molecule has 2 rings (SSSR count). The summed E-state index contributed by atoms with van der Waals surface area (Å²) in [6, 6.07) is 14.4. The van der Waals surface area contributed by atoms with Crippen LogP contribution in [0.15, 0.2) is 54.6 Å². The summed E-state index contributed by atoms with van der Waals surface area (Å²) in [5.41, 5.74) is 0.998. The van der Waals surface area contributed by atoms with E-state index in [-0.39, 0.29) is 11.5 Å². The third kappa shape index (κ3) is 5.94. The Labute approximate surface area is 130 Å². The predicted molar refractivity (Wildman–Crippen MR) is 78.4 cm³/mol. The van der Waals surface area contributed by atoms with Crippen LogP contribution in [0.5, 0.6) is 0 Å². The van der Waals surface area contributed by atoms with Gasteiger partial charge in [0.2, 0.25) is 0 Å². The first-order chi connectivity index (χ1) is 11.0. The smallest absolute Gasteiger partial charge is 0.399 e. The maximum absolute atomic E-state index is 12.0. The lowest BCUT2D eigenvalue weighted by Crippen LogP contribution is -2.18. The summed E-state index contributed by atoms with van der Waals surface area (Å²) in [7, 11) is -1.95. The molecule has 0 bridgehead atoms. The molecule has 2 aromatic carbocycles. The molecule has 0 heterocycles. The topological polar surface area (TPSA) is 139 Å². The van der Waals surface area contributed by atoms with Gasteiger partial charge < -0.3 is 5.02 Å². The number of carbonyl (C=O) groups excluding carboxylic acids is 1. The molecule has 0 saturated heterocycles. The van der Waals surface area contributed by atoms with Gasteiger partial charge in [0.15, 0.2) is 5.78 Å². The van der Waals surface area contributed by atoms with Gasteiger partial charge in [0.05, 0.1) is 4.92 Å². The van der Waals surface area contributed by atoms with Crippen molar-refractivity contribution in [3.8, 4) is 0 Å². The third-order valence-corrected chi connectivity index (χ3v) is 2.56. The van der Waals surface area contributed by atoms with Crippen LogP contribution in [0.2, 0.25) is 0 Å². The van der Waals surface area contributed by atoms with E-state index in [1.54, 1.807) is 24.3 Å². The van der Waals surface area contributed by atoms with E-state index in [9.17, 15) is 14.9 Å². The van der Waals surface area contributed by atoms with Crippen LogP contribution >= 0.6 is 0 Å². The number of ketones is 1. The molecule has 0 atom stereocenters. The van der Waals surface area contributed by atoms with Crippen molar-refractivity contribution in [3.63, 3.8) is 0 Å². The minimum absolute atomic E-state index is 0.0189. The van der Waals surface area contributed by atoms with E-state index in [4.69, 9.17) is 15.5 Å². The molecule has 0 aliphatic carbocycles. The Hall–Kier alpha value is -2.63. The summed E-state index contributed by atoms with van der Waals surface area (Å²) in [5, 5.41) is 32.8. The van der Waals surface area contributed by atoms with Crippen molar-refractivity contribution in [3.05, 3.63) is 75.8 Å². The van der Waals surface area contributed by atoms with Gasteiger partial charge in [-0.1, -0.05) is 30.3 Å². The Morgan fingerprint density at radius 1 is 0.957 bits per heavy atom. The van der Waals surface area contributed by atoms with Gasteiger partial charge in [-0.2, -0.15) is 0 Å². The van der Waals surface area contributed by atoms with E-state index >= 15 is 0 Å². The van der Waals surface area contributed by atoms with Gasteiger partial charge in [-0.05, 0) is 12.1 Å². The third-order valence-electron chi connectivity index (χ3n) is 2.56. The lowest BCUT2D eigenvalue weighted by atomic mass is 10.0. The van der Waals surface area contributed by atoms with Crippen LogP contribution in [0.25, 0.3) is 0 Å². The number of hydrogen-bond donors (Lipinski definition) is 3. The molecular weight excluding hydrogens is 309 g/mol. The second-order valence-electron chi connectivity index (χ2n) is 4.02. The molecule has 2 aromatic rings. The van der Waals surface area contributed by atoms with Crippen molar-refractivity contribution in [2.75, 3.05) is 0 Å². The van der Waals surface area contributed by atoms with E-state index in [0.29, 0.717) is 11.1 Å². The minimum atomic E-state index is -1.95. The molecule has 10 heteroatoms. The summed E-state index contributed by atoms with van der Waals surface area (Å²) >= 11 is 0. The molecule has 0 aliphatic heterocycles. The van der Waals surface area contributed by atoms with Gasteiger partial charge in [-0.3, -0.25) is 25.4 Å². The molecule has 0 aromatic heterocycles. The number of hydrogen-bond acceptors (Lipinski definition) is 8. The molecule has 23 heavy (non-hydrogen) atoms. The molecule has 120 valence electrons. The lowest BCUT2D eigenvalue weighted by Gasteiger charge is -2.00. The van der Waals surface area contributed by atoms with Crippen molar-refractivity contribution in [2.24, 2.45) is 0 Å². The monoisotopic (exact) mass is 321 g/mol. The van der Waals surface area contributed by atoms with Gasteiger partial charge in [-0.15, -0.1) is 0 Å². The molecule has 0 unspecified atom stereocenters. The number of nitro groups is 1. The van der Waals surface area contributed by atoms with Crippen molar-refractivity contribution in [1.82, 2.24) is 0 Å². The summed E-state index contributed by atoms with van der Waals surface area (Å²) in [4.78, 5) is 27.9. The van der Waals surface area contributed by atoms with Gasteiger partial charge in [-0.25, -0.2) is 9.61 Å². The predicted octanol–water partition coefficient (Wildman–Crippen LogP) is 1.77. The number of non-ortho nitro benzene ring substituents is 1. The highest BCUT2D eigenvalue weighted by atomic mass is 17.2. The zero-order chi connectivity index (χ0) is 17.2. The lowest BCUT2D eigenvalue weighted by molar-refractivity contribution is -0.384. The van der Waals surface area contributed by atoms with Crippen LogP contribution < -0.4 is 0 Å². The van der Waals surface area contributed by atoms with Gasteiger partial charge >= 0.3 is 7.32 Å². The molecule has 0 radical (unpaired) electrons. The molecule has 0 saturated carbocycles. The first-order valence-electron chi connectivity index (χ1n) is 6.12. The van der Waals surface area contributed by atoms with Crippen molar-refractivity contribution >= 4 is 18.8 Å². The van der Waals surface area contributed by atoms with Gasteiger partial charge in [0.25, 0.3) is 5.69 Å². The largest absolute Gasteiger partial charge is 0.693 e. The standard InChI is InChI=1S/C13H9NO3.BH3O5/c15-13(10-4-2-1-3-5-10)11-6-8-12(9-7-11)14(16)17;2-1(5-3)6-4/h1-9H;2-4H. The Kier molecular flexibility index (Phi) is 7.53. The van der Waals surface area contributed by atoms with E-state index in [1.165, 1.54) is 24.3 Å². The van der Waals surface area contributed by atoms with Crippen LogP contribution in [0.4, 0.5) is 5.69 Å². The zero-order valence-electron chi connectivity index (χ0n) is 11.6. The number of carbonyl (C=O) groups is 1. The molecule has 0 amide bonds. The summed E-state index contributed by atoms with van der Waals surface area (Å²) < 4.78 is 0. The van der Waals surface area contributed by atoms with Crippen molar-refractivity contribution < 1.29 is 34.9 Å². The number of nitrogens with zero attached hydrogens (tertiary/aromatic N) is 1. The summed E-state index contributed by atoms with van der Waals surface area (Å²) in [6.07, 6.45) is 0. The van der Waals surface area contributed by atoms with E-state index < -0.39 is 12.2 Å². The molecule has 0 aliphatic rings. The van der Waals surface area contributed by atoms with Crippen LogP contribution in [-0.2, 0) is 9.61 Å². The first kappa shape index (κ1) is 18.4. The minimum Gasteiger partial charge on any atom is -0.399 e. The van der Waals surface area contributed by atoms with Crippen LogP contribution in [0.1, 0.15) is 15.9 Å². The Morgan fingerprint density at radius 2 is 1.43 bits per heavy atom. The van der Waals surface area contributed by atoms with Gasteiger partial charge in [0, 0.05) is 23.3 Å². The Bertz CT molecular complexity index is 630. The summed E-state index contributed by atoms with van der Waals surface area (Å²) in [6.45, 7) is 0. The fraction of sp³-hybridized carbons (Fsp3) is 0. The SMILES string of the molecule is O=C(c1ccccc1)c1ccc([N+](=O)[O-])cc1.OOB(O)OO. The van der Waals surface area contributed by atoms with Crippen LogP contribution in [-0.4, -0.2) is 33.6 Å². The average molecular weight is 321 g/mol. The number of nitro benzene ring substituents is 1. The quantitative estimate of drug-likeness (QED) is 0.249. The molecular formula is C13H12BNO8. The van der Waals surface area contributed by atoms with Crippen LogP contribution in [0.3, 0.4) is 0 Å². The fourth-order valence-corrected chi connectivity index (χ4v) is 1.51. The zero-order valence-corrected chi connectivity index (χ0v) is 11.6. The Balaban J connectivity index is 0.000000379. The van der Waals surface area contributed by atoms with E-state index in [0.717, 1.165) is 0 Å². The Morgan fingerprint density at radius 3 is 1.83 bits per heavy atom. The van der Waals surface area contributed by atoms with Crippen molar-refractivity contribution in [1.29, 1.82) is 0 Å². The summed E-state index contributed by atoms with van der Waals surface area (Å²) in [5.74, 6) is -0.138. The van der Waals surface area contributed by atoms with Crippen LogP contribution in [0, 0.1) is 10.1 Å². The maximum atomic E-state index is 12.0. The molecule has 0 spiro atoms. The fourth-order valence-electron chi connectivity index (χ4n) is 1.51. The first-order valence-corrected chi connectivity index (χ1v) is 6.12. The number of rotatable bonds is 5. The van der Waals surface area contributed by atoms with E-state index in [1.807, 2.05) is 6.07 Å². The van der Waals surface area contributed by atoms with Gasteiger partial charge in [0.1, 0.15) is 0 Å². The number of benzene rings is 2. The highest BCUT2D eigenvalue weighted by Gasteiger charge is 2.13. The molecule has 0 fully saturated rings. The van der Waals surface area contributed by atoms with Crippen molar-refractivity contribution in [2.45, 2.75) is 0 Å². The molecule has 3 N–H and O–H groups in total. The molecule has 9 nitrogen and oxygen atoms in total. The highest BCUT2D eigenvalue weighted by molar-refractivity contribution is 6.33. The highest BCUT2D eigenvalue weighted by Crippen LogP contribution is 2.15. The second-order valence-corrected chi connectivity index (χ2v) is 4.02. The average Bonchev–Trinajstić information content (AvgIpc) is 2.61. The van der Waals surface area contributed by atoms with E-state index in [2.05, 4.69) is 9.61 Å². The second kappa shape index (κ2) is 9.40.